The van der Waals surface area contributed by atoms with E-state index in [1.165, 1.54) is 6.07 Å². The highest BCUT2D eigenvalue weighted by atomic mass is 35.5. The predicted octanol–water partition coefficient (Wildman–Crippen LogP) is 3.11. The van der Waals surface area contributed by atoms with Crippen molar-refractivity contribution in [2.24, 2.45) is 0 Å². The summed E-state index contributed by atoms with van der Waals surface area (Å²) in [5.74, 6) is -0.495. The first-order valence-electron chi connectivity index (χ1n) is 5.38. The smallest absolute Gasteiger partial charge is 0.324 e. The highest BCUT2D eigenvalue weighted by Crippen LogP contribution is 2.18. The van der Waals surface area contributed by atoms with Crippen molar-refractivity contribution in [3.05, 3.63) is 34.3 Å². The van der Waals surface area contributed by atoms with E-state index >= 15 is 0 Å². The van der Waals surface area contributed by atoms with Crippen LogP contribution in [0, 0.1) is 17.4 Å². The lowest BCUT2D eigenvalue weighted by Gasteiger charge is -2.13. The molecule has 95 valence electrons. The first-order valence-corrected chi connectivity index (χ1v) is 6.20. The molecular weight excluding hydrogens is 273 g/mol. The van der Waals surface area contributed by atoms with Crippen LogP contribution in [0.5, 0.6) is 0 Å². The van der Waals surface area contributed by atoms with Gasteiger partial charge in [0.05, 0.1) is 17.7 Å². The van der Waals surface area contributed by atoms with Gasteiger partial charge in [0.1, 0.15) is 5.38 Å². The topological polar surface area (TPSA) is 50.1 Å². The maximum Gasteiger partial charge on any atom is 0.324 e. The minimum atomic E-state index is -0.825. The molecular formula is C13H12Cl2NO2. The SMILES string of the molecule is CC(C)OC(=O)C(Cl)Cc1c[c]c(Cl)cc1C#N. The Bertz CT molecular complexity index is 480. The minimum Gasteiger partial charge on any atom is -0.462 e. The molecule has 0 aliphatic heterocycles. The quantitative estimate of drug-likeness (QED) is 0.631. The summed E-state index contributed by atoms with van der Waals surface area (Å²) in [6.07, 6.45) is -0.00472. The summed E-state index contributed by atoms with van der Waals surface area (Å²) in [5, 5.41) is 8.49. The molecule has 0 spiro atoms. The fourth-order valence-electron chi connectivity index (χ4n) is 1.35. The van der Waals surface area contributed by atoms with Crippen LogP contribution in [0.2, 0.25) is 5.02 Å². The molecule has 0 saturated heterocycles. The van der Waals surface area contributed by atoms with Crippen LogP contribution in [-0.2, 0) is 16.0 Å². The normalized spacial score (nSPS) is 12.0. The molecule has 0 bridgehead atoms. The molecule has 1 unspecified atom stereocenters. The van der Waals surface area contributed by atoms with Crippen molar-refractivity contribution in [1.82, 2.24) is 0 Å². The summed E-state index contributed by atoms with van der Waals surface area (Å²) in [6, 6.07) is 7.83. The molecule has 0 aliphatic rings. The molecule has 0 aromatic heterocycles. The minimum absolute atomic E-state index is 0.212. The summed E-state index contributed by atoms with van der Waals surface area (Å²) < 4.78 is 4.99. The second kappa shape index (κ2) is 6.63. The van der Waals surface area contributed by atoms with Gasteiger partial charge in [-0.15, -0.1) is 11.6 Å². The number of rotatable bonds is 4. The first-order chi connectivity index (χ1) is 8.43. The Morgan fingerprint density at radius 1 is 1.61 bits per heavy atom. The first kappa shape index (κ1) is 14.8. The van der Waals surface area contributed by atoms with Crippen LogP contribution in [0.15, 0.2) is 12.1 Å². The van der Waals surface area contributed by atoms with E-state index in [-0.39, 0.29) is 12.5 Å². The zero-order valence-corrected chi connectivity index (χ0v) is 11.5. The summed E-state index contributed by atoms with van der Waals surface area (Å²) in [4.78, 5) is 11.6. The summed E-state index contributed by atoms with van der Waals surface area (Å²) in [7, 11) is 0. The average molecular weight is 285 g/mol. The summed E-state index contributed by atoms with van der Waals surface area (Å²) >= 11 is 11.7. The molecule has 0 aliphatic carbocycles. The number of ether oxygens (including phenoxy) is 1. The number of halogens is 2. The third-order valence-corrected chi connectivity index (χ3v) is 2.68. The highest BCUT2D eigenvalue weighted by Gasteiger charge is 2.20. The molecule has 3 nitrogen and oxygen atoms in total. The van der Waals surface area contributed by atoms with E-state index in [9.17, 15) is 4.79 Å². The van der Waals surface area contributed by atoms with Crippen LogP contribution >= 0.6 is 23.2 Å². The maximum atomic E-state index is 11.6. The standard InChI is InChI=1S/C13H12Cl2NO2/c1-8(2)18-13(17)12(15)6-9-3-4-11(14)5-10(9)7-16/h3,5,8,12H,6H2,1-2H3. The zero-order valence-electron chi connectivity index (χ0n) is 10.0. The molecule has 1 aromatic rings. The van der Waals surface area contributed by atoms with Crippen LogP contribution in [-0.4, -0.2) is 17.5 Å². The van der Waals surface area contributed by atoms with Gasteiger partial charge in [-0.3, -0.25) is 4.79 Å². The molecule has 0 N–H and O–H groups in total. The number of carbonyl (C=O) groups excluding carboxylic acids is 1. The second-order valence-electron chi connectivity index (χ2n) is 3.99. The Morgan fingerprint density at radius 2 is 2.28 bits per heavy atom. The molecule has 0 amide bonds. The van der Waals surface area contributed by atoms with Gasteiger partial charge in [-0.2, -0.15) is 5.26 Å². The van der Waals surface area contributed by atoms with Crippen molar-refractivity contribution in [3.63, 3.8) is 0 Å². The fraction of sp³-hybridized carbons (Fsp3) is 0.385. The molecule has 1 radical (unpaired) electrons. The second-order valence-corrected chi connectivity index (χ2v) is 4.92. The molecule has 1 aromatic carbocycles. The molecule has 18 heavy (non-hydrogen) atoms. The van der Waals surface area contributed by atoms with Gasteiger partial charge in [0, 0.05) is 17.5 Å². The van der Waals surface area contributed by atoms with Crippen molar-refractivity contribution in [2.45, 2.75) is 31.7 Å². The van der Waals surface area contributed by atoms with Crippen molar-refractivity contribution in [3.8, 4) is 6.07 Å². The number of esters is 1. The van der Waals surface area contributed by atoms with Gasteiger partial charge < -0.3 is 4.74 Å². The lowest BCUT2D eigenvalue weighted by atomic mass is 10.0. The van der Waals surface area contributed by atoms with Gasteiger partial charge in [-0.25, -0.2) is 0 Å². The monoisotopic (exact) mass is 284 g/mol. The molecule has 1 atom stereocenters. The Balaban J connectivity index is 2.79. The Morgan fingerprint density at radius 3 is 2.83 bits per heavy atom. The van der Waals surface area contributed by atoms with Crippen molar-refractivity contribution < 1.29 is 9.53 Å². The summed E-state index contributed by atoms with van der Waals surface area (Å²) in [5.41, 5.74) is 1.02. The third-order valence-electron chi connectivity index (χ3n) is 2.13. The Kier molecular flexibility index (Phi) is 5.46. The van der Waals surface area contributed by atoms with Crippen LogP contribution in [0.4, 0.5) is 0 Å². The number of nitriles is 1. The molecule has 5 heteroatoms. The van der Waals surface area contributed by atoms with Crippen molar-refractivity contribution in [2.75, 3.05) is 0 Å². The van der Waals surface area contributed by atoms with Crippen molar-refractivity contribution in [1.29, 1.82) is 5.26 Å². The molecule has 0 heterocycles. The molecule has 0 fully saturated rings. The van der Waals surface area contributed by atoms with Crippen LogP contribution in [0.3, 0.4) is 0 Å². The largest absolute Gasteiger partial charge is 0.462 e. The van der Waals surface area contributed by atoms with E-state index in [4.69, 9.17) is 33.2 Å². The number of hydrogen-bond donors (Lipinski definition) is 0. The number of hydrogen-bond acceptors (Lipinski definition) is 3. The lowest BCUT2D eigenvalue weighted by Crippen LogP contribution is -2.23. The van der Waals surface area contributed by atoms with Gasteiger partial charge in [-0.05, 0) is 31.5 Å². The van der Waals surface area contributed by atoms with Crippen LogP contribution < -0.4 is 0 Å². The van der Waals surface area contributed by atoms with Gasteiger partial charge in [0.25, 0.3) is 0 Å². The van der Waals surface area contributed by atoms with Gasteiger partial charge in [0.15, 0.2) is 0 Å². The Hall–Kier alpha value is -1.24. The van der Waals surface area contributed by atoms with E-state index in [0.717, 1.165) is 0 Å². The average Bonchev–Trinajstić information content (AvgIpc) is 2.30. The van der Waals surface area contributed by atoms with E-state index in [2.05, 4.69) is 6.07 Å². The van der Waals surface area contributed by atoms with E-state index < -0.39 is 11.3 Å². The van der Waals surface area contributed by atoms with Crippen molar-refractivity contribution >= 4 is 29.2 Å². The highest BCUT2D eigenvalue weighted by molar-refractivity contribution is 6.30. The van der Waals surface area contributed by atoms with E-state index in [0.29, 0.717) is 16.1 Å². The number of nitrogens with zero attached hydrogens (tertiary/aromatic N) is 1. The van der Waals surface area contributed by atoms with Gasteiger partial charge >= 0.3 is 5.97 Å². The number of benzene rings is 1. The van der Waals surface area contributed by atoms with Crippen LogP contribution in [0.1, 0.15) is 25.0 Å². The lowest BCUT2D eigenvalue weighted by molar-refractivity contribution is -0.146. The van der Waals surface area contributed by atoms with E-state index in [1.54, 1.807) is 19.9 Å². The number of alkyl halides is 1. The fourth-order valence-corrected chi connectivity index (χ4v) is 1.73. The molecule has 1 rings (SSSR count). The third kappa shape index (κ3) is 4.21. The number of carbonyl (C=O) groups is 1. The van der Waals surface area contributed by atoms with Gasteiger partial charge in [-0.1, -0.05) is 11.6 Å². The predicted molar refractivity (Wildman–Crippen MR) is 69.6 cm³/mol. The maximum absolute atomic E-state index is 11.6. The zero-order chi connectivity index (χ0) is 13.7. The van der Waals surface area contributed by atoms with E-state index in [1.807, 2.05) is 6.07 Å². The molecule has 0 saturated carbocycles. The van der Waals surface area contributed by atoms with Crippen LogP contribution in [0.25, 0.3) is 0 Å². The summed E-state index contributed by atoms with van der Waals surface area (Å²) in [6.45, 7) is 3.50. The Labute approximate surface area is 116 Å². The van der Waals surface area contributed by atoms with Gasteiger partial charge in [0.2, 0.25) is 0 Å².